The lowest BCUT2D eigenvalue weighted by Crippen LogP contribution is -2.30. The largest absolute Gasteiger partial charge is 0.438 e. The molecule has 1 aromatic carbocycles. The highest BCUT2D eigenvalue weighted by molar-refractivity contribution is 6.11. The maximum Gasteiger partial charge on any atom is 0.227 e. The molecule has 0 aliphatic carbocycles. The van der Waals surface area contributed by atoms with E-state index < -0.39 is 0 Å². The summed E-state index contributed by atoms with van der Waals surface area (Å²) < 4.78 is 8.02. The first-order valence-corrected chi connectivity index (χ1v) is 6.97. The number of pyridine rings is 2. The number of furan rings is 1. The van der Waals surface area contributed by atoms with Crippen molar-refractivity contribution in [2.75, 3.05) is 0 Å². The SMILES string of the molecule is Cc1ccc2oc3ncccc3c2c1-c1cccc[n+]1C. The van der Waals surface area contributed by atoms with Gasteiger partial charge in [-0.3, -0.25) is 0 Å². The zero-order valence-electron chi connectivity index (χ0n) is 12.0. The molecule has 4 rings (SSSR count). The molecule has 0 spiro atoms. The quantitative estimate of drug-likeness (QED) is 0.495. The second-order valence-corrected chi connectivity index (χ2v) is 5.29. The Balaban J connectivity index is 2.22. The summed E-state index contributed by atoms with van der Waals surface area (Å²) in [5.41, 5.74) is 5.19. The van der Waals surface area contributed by atoms with E-state index in [0.717, 1.165) is 16.4 Å². The lowest BCUT2D eigenvalue weighted by atomic mass is 9.98. The first kappa shape index (κ1) is 12.1. The van der Waals surface area contributed by atoms with Crippen molar-refractivity contribution >= 4 is 22.1 Å². The van der Waals surface area contributed by atoms with E-state index in [2.05, 4.69) is 54.0 Å². The van der Waals surface area contributed by atoms with Gasteiger partial charge in [-0.2, -0.15) is 0 Å². The molecule has 0 fully saturated rings. The van der Waals surface area contributed by atoms with Gasteiger partial charge in [-0.05, 0) is 36.8 Å². The number of hydrogen-bond acceptors (Lipinski definition) is 2. The number of fused-ring (bicyclic) bond motifs is 3. The van der Waals surface area contributed by atoms with Crippen LogP contribution in [0.2, 0.25) is 0 Å². The first-order valence-electron chi connectivity index (χ1n) is 6.97. The molecular formula is C18H15N2O+. The molecule has 21 heavy (non-hydrogen) atoms. The van der Waals surface area contributed by atoms with Gasteiger partial charge in [0.25, 0.3) is 0 Å². The fourth-order valence-corrected chi connectivity index (χ4v) is 2.92. The number of aryl methyl sites for hydroxylation is 2. The molecule has 3 aromatic heterocycles. The smallest absolute Gasteiger partial charge is 0.227 e. The van der Waals surface area contributed by atoms with Gasteiger partial charge < -0.3 is 4.42 Å². The Bertz CT molecular complexity index is 969. The third-order valence-electron chi connectivity index (χ3n) is 3.93. The number of hydrogen-bond donors (Lipinski definition) is 0. The molecule has 0 unspecified atom stereocenters. The van der Waals surface area contributed by atoms with Crippen LogP contribution in [0.5, 0.6) is 0 Å². The van der Waals surface area contributed by atoms with Gasteiger partial charge in [0.05, 0.1) is 5.56 Å². The van der Waals surface area contributed by atoms with Gasteiger partial charge in [0, 0.05) is 29.1 Å². The number of aromatic nitrogens is 2. The second-order valence-electron chi connectivity index (χ2n) is 5.29. The topological polar surface area (TPSA) is 29.9 Å². The van der Waals surface area contributed by atoms with E-state index in [4.69, 9.17) is 4.42 Å². The van der Waals surface area contributed by atoms with Crippen molar-refractivity contribution < 1.29 is 8.98 Å². The molecule has 0 N–H and O–H groups in total. The monoisotopic (exact) mass is 275 g/mol. The van der Waals surface area contributed by atoms with Crippen LogP contribution in [0, 0.1) is 6.92 Å². The Labute approximate surface area is 122 Å². The minimum atomic E-state index is 0.693. The second kappa shape index (κ2) is 4.42. The van der Waals surface area contributed by atoms with E-state index in [1.165, 1.54) is 16.8 Å². The van der Waals surface area contributed by atoms with E-state index >= 15 is 0 Å². The van der Waals surface area contributed by atoms with Crippen LogP contribution in [-0.4, -0.2) is 4.98 Å². The molecular weight excluding hydrogens is 260 g/mol. The lowest BCUT2D eigenvalue weighted by molar-refractivity contribution is -0.660. The molecule has 3 nitrogen and oxygen atoms in total. The molecule has 4 aromatic rings. The lowest BCUT2D eigenvalue weighted by Gasteiger charge is -2.05. The first-order chi connectivity index (χ1) is 10.3. The summed E-state index contributed by atoms with van der Waals surface area (Å²) in [6.07, 6.45) is 3.83. The molecule has 3 heterocycles. The van der Waals surface area contributed by atoms with E-state index in [1.807, 2.05) is 18.2 Å². The zero-order valence-corrected chi connectivity index (χ0v) is 12.0. The van der Waals surface area contributed by atoms with Crippen LogP contribution >= 0.6 is 0 Å². The third-order valence-corrected chi connectivity index (χ3v) is 3.93. The van der Waals surface area contributed by atoms with E-state index in [9.17, 15) is 0 Å². The highest BCUT2D eigenvalue weighted by Crippen LogP contribution is 2.36. The minimum absolute atomic E-state index is 0.693. The van der Waals surface area contributed by atoms with Crippen LogP contribution in [0.15, 0.2) is 59.3 Å². The molecule has 0 bridgehead atoms. The summed E-state index contributed by atoms with van der Waals surface area (Å²) in [5, 5.41) is 2.20. The fourth-order valence-electron chi connectivity index (χ4n) is 2.92. The van der Waals surface area contributed by atoms with Crippen molar-refractivity contribution in [2.24, 2.45) is 7.05 Å². The Kier molecular flexibility index (Phi) is 2.54. The average Bonchev–Trinajstić information content (AvgIpc) is 2.87. The molecule has 0 radical (unpaired) electrons. The van der Waals surface area contributed by atoms with E-state index in [1.54, 1.807) is 6.20 Å². The van der Waals surface area contributed by atoms with E-state index in [-0.39, 0.29) is 0 Å². The highest BCUT2D eigenvalue weighted by Gasteiger charge is 2.19. The standard InChI is InChI=1S/C18H15N2O/c1-12-8-9-15-17(13-6-5-10-19-18(13)21-15)16(12)14-7-3-4-11-20(14)2/h3-11H,1-2H3/q+1. The van der Waals surface area contributed by atoms with Crippen LogP contribution in [-0.2, 0) is 7.05 Å². The van der Waals surface area contributed by atoms with Crippen LogP contribution in [0.4, 0.5) is 0 Å². The normalized spacial score (nSPS) is 11.3. The summed E-state index contributed by atoms with van der Waals surface area (Å²) in [6, 6.07) is 14.4. The fraction of sp³-hybridized carbons (Fsp3) is 0.111. The third kappa shape index (κ3) is 1.74. The van der Waals surface area contributed by atoms with Crippen molar-refractivity contribution in [1.82, 2.24) is 4.98 Å². The Morgan fingerprint density at radius 2 is 1.95 bits per heavy atom. The minimum Gasteiger partial charge on any atom is -0.438 e. The average molecular weight is 275 g/mol. The predicted octanol–water partition coefficient (Wildman–Crippen LogP) is 3.78. The van der Waals surface area contributed by atoms with Gasteiger partial charge in [0.2, 0.25) is 11.4 Å². The zero-order chi connectivity index (χ0) is 14.4. The molecule has 102 valence electrons. The van der Waals surface area contributed by atoms with Crippen LogP contribution < -0.4 is 4.57 Å². The van der Waals surface area contributed by atoms with Crippen molar-refractivity contribution in [3.05, 3.63) is 60.4 Å². The molecule has 0 aliphatic heterocycles. The Hall–Kier alpha value is -2.68. The Morgan fingerprint density at radius 3 is 2.81 bits per heavy atom. The van der Waals surface area contributed by atoms with Crippen molar-refractivity contribution in [1.29, 1.82) is 0 Å². The van der Waals surface area contributed by atoms with Crippen LogP contribution in [0.25, 0.3) is 33.3 Å². The van der Waals surface area contributed by atoms with Gasteiger partial charge in [-0.1, -0.05) is 6.07 Å². The van der Waals surface area contributed by atoms with Gasteiger partial charge in [-0.25, -0.2) is 9.55 Å². The maximum absolute atomic E-state index is 5.89. The summed E-state index contributed by atoms with van der Waals surface area (Å²) in [5.74, 6) is 0. The molecule has 0 amide bonds. The number of nitrogens with zero attached hydrogens (tertiary/aromatic N) is 2. The van der Waals surface area contributed by atoms with Crippen molar-refractivity contribution in [2.45, 2.75) is 6.92 Å². The van der Waals surface area contributed by atoms with Gasteiger partial charge in [0.15, 0.2) is 6.20 Å². The Morgan fingerprint density at radius 1 is 1.05 bits per heavy atom. The highest BCUT2D eigenvalue weighted by atomic mass is 16.3. The van der Waals surface area contributed by atoms with Crippen LogP contribution in [0.1, 0.15) is 5.56 Å². The predicted molar refractivity (Wildman–Crippen MR) is 82.9 cm³/mol. The van der Waals surface area contributed by atoms with E-state index in [0.29, 0.717) is 5.71 Å². The molecule has 0 atom stereocenters. The maximum atomic E-state index is 5.89. The molecule has 0 saturated heterocycles. The van der Waals surface area contributed by atoms with Gasteiger partial charge >= 0.3 is 0 Å². The summed E-state index contributed by atoms with van der Waals surface area (Å²) in [4.78, 5) is 4.33. The molecule has 3 heteroatoms. The van der Waals surface area contributed by atoms with Crippen LogP contribution in [0.3, 0.4) is 0 Å². The van der Waals surface area contributed by atoms with Crippen molar-refractivity contribution in [3.8, 4) is 11.3 Å². The number of benzene rings is 1. The van der Waals surface area contributed by atoms with Crippen molar-refractivity contribution in [3.63, 3.8) is 0 Å². The molecule has 0 saturated carbocycles. The van der Waals surface area contributed by atoms with Gasteiger partial charge in [-0.15, -0.1) is 0 Å². The van der Waals surface area contributed by atoms with Gasteiger partial charge in [0.1, 0.15) is 12.6 Å². The molecule has 0 aliphatic rings. The summed E-state index contributed by atoms with van der Waals surface area (Å²) in [6.45, 7) is 2.14. The summed E-state index contributed by atoms with van der Waals surface area (Å²) in [7, 11) is 2.06. The summed E-state index contributed by atoms with van der Waals surface area (Å²) >= 11 is 0. The number of rotatable bonds is 1.